The van der Waals surface area contributed by atoms with Gasteiger partial charge in [-0.15, -0.1) is 0 Å². The molecule has 0 aliphatic rings. The fourth-order valence-corrected chi connectivity index (χ4v) is 2.71. The van der Waals surface area contributed by atoms with E-state index in [1.165, 1.54) is 0 Å². The molecule has 1 aromatic heterocycles. The summed E-state index contributed by atoms with van der Waals surface area (Å²) in [6, 6.07) is 8.46. The van der Waals surface area contributed by atoms with Gasteiger partial charge in [-0.05, 0) is 44.3 Å². The minimum absolute atomic E-state index is 0.233. The first-order valence-electron chi connectivity index (χ1n) is 7.28. The summed E-state index contributed by atoms with van der Waals surface area (Å²) in [4.78, 5) is 2.41. The van der Waals surface area contributed by atoms with Gasteiger partial charge in [-0.1, -0.05) is 29.8 Å². The standard InChI is InChI=1S/C16H23BrN2O/c1-4-19(5-2)9-8-18-12(3)16-11-13-10-14(17)6-7-15(13)20-16/h6-7,10-12,18H,4-5,8-9H2,1-3H3. The van der Waals surface area contributed by atoms with Gasteiger partial charge in [0.05, 0.1) is 6.04 Å². The van der Waals surface area contributed by atoms with Crippen molar-refractivity contribution in [2.45, 2.75) is 26.8 Å². The SMILES string of the molecule is CCN(CC)CCNC(C)c1cc2cc(Br)ccc2o1. The molecule has 4 heteroatoms. The van der Waals surface area contributed by atoms with Crippen LogP contribution < -0.4 is 5.32 Å². The minimum atomic E-state index is 0.233. The number of rotatable bonds is 7. The van der Waals surface area contributed by atoms with Crippen LogP contribution in [0.4, 0.5) is 0 Å². The highest BCUT2D eigenvalue weighted by Crippen LogP contribution is 2.26. The zero-order chi connectivity index (χ0) is 14.5. The quantitative estimate of drug-likeness (QED) is 0.820. The molecule has 1 unspecified atom stereocenters. The Hall–Kier alpha value is -0.840. The van der Waals surface area contributed by atoms with Gasteiger partial charge in [0.1, 0.15) is 11.3 Å². The van der Waals surface area contributed by atoms with E-state index in [2.05, 4.69) is 59.1 Å². The number of hydrogen-bond donors (Lipinski definition) is 1. The number of furan rings is 1. The molecule has 3 nitrogen and oxygen atoms in total. The molecule has 20 heavy (non-hydrogen) atoms. The van der Waals surface area contributed by atoms with Crippen molar-refractivity contribution in [3.05, 3.63) is 34.5 Å². The molecule has 1 heterocycles. The van der Waals surface area contributed by atoms with Crippen LogP contribution in [-0.4, -0.2) is 31.1 Å². The molecular formula is C16H23BrN2O. The van der Waals surface area contributed by atoms with E-state index in [-0.39, 0.29) is 6.04 Å². The van der Waals surface area contributed by atoms with E-state index in [4.69, 9.17) is 4.42 Å². The average Bonchev–Trinajstić information content (AvgIpc) is 2.86. The summed E-state index contributed by atoms with van der Waals surface area (Å²) in [5, 5.41) is 4.67. The minimum Gasteiger partial charge on any atom is -0.459 e. The average molecular weight is 339 g/mol. The van der Waals surface area contributed by atoms with Crippen LogP contribution in [0.5, 0.6) is 0 Å². The molecule has 1 N–H and O–H groups in total. The van der Waals surface area contributed by atoms with Gasteiger partial charge in [0, 0.05) is 22.9 Å². The highest BCUT2D eigenvalue weighted by atomic mass is 79.9. The van der Waals surface area contributed by atoms with Crippen LogP contribution in [0.25, 0.3) is 11.0 Å². The van der Waals surface area contributed by atoms with Crippen LogP contribution in [0.1, 0.15) is 32.6 Å². The molecule has 0 aliphatic heterocycles. The Kier molecular flexibility index (Phi) is 5.64. The third-order valence-electron chi connectivity index (χ3n) is 3.70. The third kappa shape index (κ3) is 3.84. The highest BCUT2D eigenvalue weighted by Gasteiger charge is 2.11. The fourth-order valence-electron chi connectivity index (χ4n) is 2.33. The van der Waals surface area contributed by atoms with Crippen molar-refractivity contribution < 1.29 is 4.42 Å². The number of nitrogens with zero attached hydrogens (tertiary/aromatic N) is 1. The molecule has 0 aliphatic carbocycles. The fraction of sp³-hybridized carbons (Fsp3) is 0.500. The highest BCUT2D eigenvalue weighted by molar-refractivity contribution is 9.10. The van der Waals surface area contributed by atoms with E-state index in [1.807, 2.05) is 12.1 Å². The van der Waals surface area contributed by atoms with Crippen molar-refractivity contribution in [1.82, 2.24) is 10.2 Å². The smallest absolute Gasteiger partial charge is 0.134 e. The molecule has 0 saturated carbocycles. The summed E-state index contributed by atoms with van der Waals surface area (Å²) in [5.41, 5.74) is 0.945. The predicted octanol–water partition coefficient (Wildman–Crippen LogP) is 4.19. The predicted molar refractivity (Wildman–Crippen MR) is 88.1 cm³/mol. The second-order valence-corrected chi connectivity index (χ2v) is 5.95. The number of fused-ring (bicyclic) bond motifs is 1. The Balaban J connectivity index is 1.95. The second-order valence-electron chi connectivity index (χ2n) is 5.03. The van der Waals surface area contributed by atoms with Crippen molar-refractivity contribution in [2.24, 2.45) is 0 Å². The van der Waals surface area contributed by atoms with Crippen LogP contribution in [0.2, 0.25) is 0 Å². The lowest BCUT2D eigenvalue weighted by Gasteiger charge is -2.19. The van der Waals surface area contributed by atoms with Crippen LogP contribution in [0.15, 0.2) is 33.2 Å². The topological polar surface area (TPSA) is 28.4 Å². The summed E-state index contributed by atoms with van der Waals surface area (Å²) in [7, 11) is 0. The van der Waals surface area contributed by atoms with Crippen LogP contribution in [0.3, 0.4) is 0 Å². The molecule has 0 saturated heterocycles. The van der Waals surface area contributed by atoms with Gasteiger partial charge in [-0.25, -0.2) is 0 Å². The van der Waals surface area contributed by atoms with Crippen LogP contribution >= 0.6 is 15.9 Å². The van der Waals surface area contributed by atoms with Crippen molar-refractivity contribution in [3.8, 4) is 0 Å². The molecule has 1 aromatic carbocycles. The van der Waals surface area contributed by atoms with Crippen LogP contribution in [0, 0.1) is 0 Å². The lowest BCUT2D eigenvalue weighted by atomic mass is 10.2. The van der Waals surface area contributed by atoms with E-state index in [0.29, 0.717) is 0 Å². The molecule has 2 aromatic rings. The largest absolute Gasteiger partial charge is 0.459 e. The number of benzene rings is 1. The Labute approximate surface area is 129 Å². The van der Waals surface area contributed by atoms with Gasteiger partial charge >= 0.3 is 0 Å². The normalized spacial score (nSPS) is 13.2. The third-order valence-corrected chi connectivity index (χ3v) is 4.19. The van der Waals surface area contributed by atoms with Gasteiger partial charge in [-0.2, -0.15) is 0 Å². The zero-order valence-electron chi connectivity index (χ0n) is 12.4. The molecule has 110 valence electrons. The lowest BCUT2D eigenvalue weighted by molar-refractivity contribution is 0.294. The number of likely N-dealkylation sites (N-methyl/N-ethyl adjacent to an activating group) is 1. The molecule has 0 spiro atoms. The summed E-state index contributed by atoms with van der Waals surface area (Å²) in [6.07, 6.45) is 0. The summed E-state index contributed by atoms with van der Waals surface area (Å²) < 4.78 is 6.98. The molecular weight excluding hydrogens is 316 g/mol. The monoisotopic (exact) mass is 338 g/mol. The first-order chi connectivity index (χ1) is 9.63. The summed E-state index contributed by atoms with van der Waals surface area (Å²) in [5.74, 6) is 0.998. The van der Waals surface area contributed by atoms with Gasteiger partial charge in [0.2, 0.25) is 0 Å². The molecule has 0 amide bonds. The number of hydrogen-bond acceptors (Lipinski definition) is 3. The Morgan fingerprint density at radius 1 is 1.25 bits per heavy atom. The Bertz CT molecular complexity index is 548. The van der Waals surface area contributed by atoms with Gasteiger partial charge in [0.15, 0.2) is 0 Å². The molecule has 0 radical (unpaired) electrons. The maximum atomic E-state index is 5.90. The number of nitrogens with one attached hydrogen (secondary N) is 1. The Morgan fingerprint density at radius 2 is 2.00 bits per heavy atom. The second kappa shape index (κ2) is 7.25. The van der Waals surface area contributed by atoms with Gasteiger partial charge < -0.3 is 14.6 Å². The molecule has 2 rings (SSSR count). The first kappa shape index (κ1) is 15.5. The van der Waals surface area contributed by atoms with E-state index in [9.17, 15) is 0 Å². The Morgan fingerprint density at radius 3 is 2.70 bits per heavy atom. The van der Waals surface area contributed by atoms with E-state index < -0.39 is 0 Å². The van der Waals surface area contributed by atoms with Crippen molar-refractivity contribution in [1.29, 1.82) is 0 Å². The van der Waals surface area contributed by atoms with Crippen molar-refractivity contribution >= 4 is 26.9 Å². The maximum Gasteiger partial charge on any atom is 0.134 e. The van der Waals surface area contributed by atoms with Gasteiger partial charge in [-0.3, -0.25) is 0 Å². The van der Waals surface area contributed by atoms with Gasteiger partial charge in [0.25, 0.3) is 0 Å². The molecule has 1 atom stereocenters. The first-order valence-corrected chi connectivity index (χ1v) is 8.08. The number of halogens is 1. The maximum absolute atomic E-state index is 5.90. The van der Waals surface area contributed by atoms with E-state index >= 15 is 0 Å². The van der Waals surface area contributed by atoms with E-state index in [1.54, 1.807) is 0 Å². The van der Waals surface area contributed by atoms with E-state index in [0.717, 1.165) is 47.4 Å². The summed E-state index contributed by atoms with van der Waals surface area (Å²) in [6.45, 7) is 10.8. The lowest BCUT2D eigenvalue weighted by Crippen LogP contribution is -2.32. The molecule has 0 fully saturated rings. The van der Waals surface area contributed by atoms with Crippen molar-refractivity contribution in [3.63, 3.8) is 0 Å². The molecule has 0 bridgehead atoms. The van der Waals surface area contributed by atoms with Crippen molar-refractivity contribution in [2.75, 3.05) is 26.2 Å². The van der Waals surface area contributed by atoms with Crippen LogP contribution in [-0.2, 0) is 0 Å². The summed E-state index contributed by atoms with van der Waals surface area (Å²) >= 11 is 3.49. The zero-order valence-corrected chi connectivity index (χ0v) is 14.0.